The van der Waals surface area contributed by atoms with E-state index in [1.807, 2.05) is 0 Å². The van der Waals surface area contributed by atoms with Gasteiger partial charge in [0.1, 0.15) is 11.1 Å². The molecule has 0 spiro atoms. The minimum Gasteiger partial charge on any atom is -0.481 e. The summed E-state index contributed by atoms with van der Waals surface area (Å²) in [4.78, 5) is 46.7. The molecule has 7 N–H and O–H groups in total. The zero-order valence-electron chi connectivity index (χ0n) is 12.3. The number of carbonyl (C=O) groups is 4. The highest BCUT2D eigenvalue weighted by atomic mass is 16.4. The van der Waals surface area contributed by atoms with Crippen LogP contribution in [-0.4, -0.2) is 50.1 Å². The van der Waals surface area contributed by atoms with Crippen LogP contribution in [0.4, 0.5) is 0 Å². The molecule has 1 rings (SSSR count). The van der Waals surface area contributed by atoms with Crippen molar-refractivity contribution in [3.8, 4) is 0 Å². The number of aliphatic carboxylic acids is 3. The lowest BCUT2D eigenvalue weighted by Crippen LogP contribution is -2.74. The second-order valence-electron chi connectivity index (χ2n) is 6.13. The Morgan fingerprint density at radius 1 is 1.09 bits per heavy atom. The van der Waals surface area contributed by atoms with Gasteiger partial charge in [0, 0.05) is 6.42 Å². The van der Waals surface area contributed by atoms with Crippen molar-refractivity contribution in [2.45, 2.75) is 37.8 Å². The average Bonchev–Trinajstić information content (AvgIpc) is 2.60. The minimum atomic E-state index is -2.49. The van der Waals surface area contributed by atoms with E-state index >= 15 is 0 Å². The van der Waals surface area contributed by atoms with Gasteiger partial charge in [0.15, 0.2) is 5.78 Å². The van der Waals surface area contributed by atoms with Crippen molar-refractivity contribution in [3.05, 3.63) is 0 Å². The lowest BCUT2D eigenvalue weighted by molar-refractivity contribution is -0.157. The van der Waals surface area contributed by atoms with Gasteiger partial charge < -0.3 is 26.8 Å². The van der Waals surface area contributed by atoms with Gasteiger partial charge in [-0.3, -0.25) is 19.2 Å². The predicted octanol–water partition coefficient (Wildman–Crippen LogP) is -1.11. The summed E-state index contributed by atoms with van der Waals surface area (Å²) in [5.74, 6) is -9.53. The number of Topliss-reactive ketones (excluding diaryl/α,β-unsaturated/α-hetero) is 1. The molecule has 0 heterocycles. The molecule has 9 heteroatoms. The van der Waals surface area contributed by atoms with Gasteiger partial charge >= 0.3 is 17.9 Å². The molecule has 0 aromatic rings. The second kappa shape index (κ2) is 5.65. The summed E-state index contributed by atoms with van der Waals surface area (Å²) in [5, 5.41) is 27.8. The van der Waals surface area contributed by atoms with Crippen LogP contribution in [0.3, 0.4) is 0 Å². The lowest BCUT2D eigenvalue weighted by Gasteiger charge is -2.38. The van der Waals surface area contributed by atoms with Gasteiger partial charge in [-0.15, -0.1) is 0 Å². The number of hydrogen-bond donors (Lipinski definition) is 5. The number of nitrogens with two attached hydrogens (primary N) is 2. The molecule has 0 aromatic heterocycles. The van der Waals surface area contributed by atoms with Gasteiger partial charge in [-0.1, -0.05) is 13.8 Å². The Balaban J connectivity index is 3.54. The summed E-state index contributed by atoms with van der Waals surface area (Å²) >= 11 is 0. The molecule has 1 saturated carbocycles. The van der Waals surface area contributed by atoms with Crippen LogP contribution < -0.4 is 11.5 Å². The molecular formula is C13H20N2O7. The maximum absolute atomic E-state index is 12.5. The smallest absolute Gasteiger partial charge is 0.326 e. The van der Waals surface area contributed by atoms with Crippen LogP contribution in [0.1, 0.15) is 26.7 Å². The van der Waals surface area contributed by atoms with E-state index in [-0.39, 0.29) is 12.3 Å². The summed E-state index contributed by atoms with van der Waals surface area (Å²) in [6.45, 7) is 3.33. The molecule has 0 aliphatic heterocycles. The van der Waals surface area contributed by atoms with E-state index < -0.39 is 53.0 Å². The van der Waals surface area contributed by atoms with E-state index in [1.165, 1.54) is 0 Å². The van der Waals surface area contributed by atoms with Crippen LogP contribution in [0.2, 0.25) is 0 Å². The first kappa shape index (κ1) is 18.1. The van der Waals surface area contributed by atoms with Gasteiger partial charge in [0.05, 0.1) is 11.8 Å². The summed E-state index contributed by atoms with van der Waals surface area (Å²) < 4.78 is 0. The monoisotopic (exact) mass is 316 g/mol. The van der Waals surface area contributed by atoms with Crippen LogP contribution in [0.25, 0.3) is 0 Å². The average molecular weight is 316 g/mol. The molecule has 1 aliphatic carbocycles. The Hall–Kier alpha value is -2.00. The third kappa shape index (κ3) is 2.46. The fraction of sp³-hybridized carbons (Fsp3) is 0.692. The first-order valence-corrected chi connectivity index (χ1v) is 6.69. The van der Waals surface area contributed by atoms with E-state index in [9.17, 15) is 29.4 Å². The quantitative estimate of drug-likeness (QED) is 0.405. The molecule has 22 heavy (non-hydrogen) atoms. The molecule has 1 fully saturated rings. The van der Waals surface area contributed by atoms with Crippen LogP contribution in [0.5, 0.6) is 0 Å². The molecule has 0 radical (unpaired) electrons. The maximum Gasteiger partial charge on any atom is 0.326 e. The number of hydrogen-bond acceptors (Lipinski definition) is 6. The maximum atomic E-state index is 12.5. The topological polar surface area (TPSA) is 181 Å². The molecule has 0 saturated heterocycles. The standard InChI is InChI=1S/C13H20N2O7/c1-5(2)3-7(16)13(15)8(10(19)20)6(9(17)18)4-12(13,14)11(21)22/h5-6,8H,3-4,14-15H2,1-2H3,(H,17,18)(H,19,20)(H,21,22). The van der Waals surface area contributed by atoms with Crippen LogP contribution in [-0.2, 0) is 19.2 Å². The largest absolute Gasteiger partial charge is 0.481 e. The first-order valence-electron chi connectivity index (χ1n) is 6.69. The second-order valence-corrected chi connectivity index (χ2v) is 6.13. The Kier molecular flexibility index (Phi) is 4.64. The molecule has 4 atom stereocenters. The normalized spacial score (nSPS) is 34.6. The molecular weight excluding hydrogens is 296 g/mol. The SMILES string of the molecule is CC(C)CC(=O)C1(N)C(C(=O)O)C(C(=O)O)CC1(N)C(=O)O. The predicted molar refractivity (Wildman–Crippen MR) is 72.8 cm³/mol. The summed E-state index contributed by atoms with van der Waals surface area (Å²) in [6.07, 6.45) is -0.923. The van der Waals surface area contributed by atoms with Crippen molar-refractivity contribution in [2.24, 2.45) is 29.2 Å². The zero-order valence-corrected chi connectivity index (χ0v) is 12.3. The molecule has 4 unspecified atom stereocenters. The number of carboxylic acids is 3. The molecule has 0 bridgehead atoms. The Bertz CT molecular complexity index is 532. The van der Waals surface area contributed by atoms with Gasteiger partial charge in [0.25, 0.3) is 0 Å². The van der Waals surface area contributed by atoms with Gasteiger partial charge in [-0.2, -0.15) is 0 Å². The fourth-order valence-corrected chi connectivity index (χ4v) is 3.05. The Morgan fingerprint density at radius 3 is 1.91 bits per heavy atom. The highest BCUT2D eigenvalue weighted by Gasteiger charge is 2.71. The van der Waals surface area contributed by atoms with E-state index in [0.29, 0.717) is 0 Å². The molecule has 1 aliphatic rings. The third-order valence-electron chi connectivity index (χ3n) is 4.19. The lowest BCUT2D eigenvalue weighted by atomic mass is 9.70. The van der Waals surface area contributed by atoms with Gasteiger partial charge in [-0.25, -0.2) is 0 Å². The van der Waals surface area contributed by atoms with Crippen LogP contribution >= 0.6 is 0 Å². The fourth-order valence-electron chi connectivity index (χ4n) is 3.05. The van der Waals surface area contributed by atoms with E-state index in [2.05, 4.69) is 0 Å². The van der Waals surface area contributed by atoms with Crippen molar-refractivity contribution in [3.63, 3.8) is 0 Å². The van der Waals surface area contributed by atoms with Crippen molar-refractivity contribution in [2.75, 3.05) is 0 Å². The van der Waals surface area contributed by atoms with Crippen LogP contribution in [0, 0.1) is 17.8 Å². The van der Waals surface area contributed by atoms with Crippen LogP contribution in [0.15, 0.2) is 0 Å². The van der Waals surface area contributed by atoms with Crippen molar-refractivity contribution in [1.29, 1.82) is 0 Å². The van der Waals surface area contributed by atoms with Crippen molar-refractivity contribution >= 4 is 23.7 Å². The number of rotatable bonds is 6. The molecule has 9 nitrogen and oxygen atoms in total. The minimum absolute atomic E-state index is 0.196. The highest BCUT2D eigenvalue weighted by molar-refractivity contribution is 6.04. The zero-order chi connectivity index (χ0) is 17.5. The third-order valence-corrected chi connectivity index (χ3v) is 4.19. The van der Waals surface area contributed by atoms with Crippen molar-refractivity contribution in [1.82, 2.24) is 0 Å². The molecule has 0 aromatic carbocycles. The van der Waals surface area contributed by atoms with E-state index in [0.717, 1.165) is 0 Å². The molecule has 124 valence electrons. The first-order chi connectivity index (χ1) is 9.89. The Labute approximate surface area is 126 Å². The van der Waals surface area contributed by atoms with Crippen molar-refractivity contribution < 1.29 is 34.5 Å². The Morgan fingerprint density at radius 2 is 1.59 bits per heavy atom. The van der Waals surface area contributed by atoms with E-state index in [1.54, 1.807) is 13.8 Å². The number of carbonyl (C=O) groups excluding carboxylic acids is 1. The van der Waals surface area contributed by atoms with Gasteiger partial charge in [0.2, 0.25) is 0 Å². The summed E-state index contributed by atoms with van der Waals surface area (Å²) in [6, 6.07) is 0. The summed E-state index contributed by atoms with van der Waals surface area (Å²) in [5.41, 5.74) is 6.70. The number of ketones is 1. The summed E-state index contributed by atoms with van der Waals surface area (Å²) in [7, 11) is 0. The number of carboxylic acid groups (broad SMARTS) is 3. The van der Waals surface area contributed by atoms with E-state index in [4.69, 9.17) is 16.6 Å². The highest BCUT2D eigenvalue weighted by Crippen LogP contribution is 2.46. The molecule has 0 amide bonds. The van der Waals surface area contributed by atoms with Gasteiger partial charge in [-0.05, 0) is 12.3 Å².